The number of sulfonamides is 1. The predicted octanol–water partition coefficient (Wildman–Crippen LogP) is 1.24. The van der Waals surface area contributed by atoms with E-state index in [0.29, 0.717) is 18.7 Å². The molecule has 0 atom stereocenters. The molecule has 1 aliphatic rings. The number of benzene rings is 1. The van der Waals surface area contributed by atoms with Gasteiger partial charge in [0.1, 0.15) is 4.90 Å². The number of halogens is 1. The highest BCUT2D eigenvalue weighted by molar-refractivity contribution is 7.90. The molecule has 0 fully saturated rings. The molecular weight excluding hydrogens is 316 g/mol. The molecule has 0 radical (unpaired) electrons. The van der Waals surface area contributed by atoms with Gasteiger partial charge < -0.3 is 4.90 Å². The first-order valence-electron chi connectivity index (χ1n) is 6.06. The monoisotopic (exact) mass is 328 g/mol. The summed E-state index contributed by atoms with van der Waals surface area (Å²) in [6, 6.07) is 2.82. The zero-order valence-corrected chi connectivity index (χ0v) is 12.8. The maximum atomic E-state index is 12.1. The van der Waals surface area contributed by atoms with Crippen LogP contribution in [0.5, 0.6) is 0 Å². The summed E-state index contributed by atoms with van der Waals surface area (Å²) in [6.45, 7) is 5.07. The molecular formula is C13H13ClN2O4S. The Morgan fingerprint density at radius 3 is 2.67 bits per heavy atom. The van der Waals surface area contributed by atoms with Crippen molar-refractivity contribution in [1.29, 1.82) is 0 Å². The van der Waals surface area contributed by atoms with E-state index in [1.54, 1.807) is 0 Å². The lowest BCUT2D eigenvalue weighted by atomic mass is 10.2. The van der Waals surface area contributed by atoms with Crippen molar-refractivity contribution in [3.8, 4) is 0 Å². The van der Waals surface area contributed by atoms with Crippen molar-refractivity contribution in [3.63, 3.8) is 0 Å². The van der Waals surface area contributed by atoms with E-state index in [-0.39, 0.29) is 15.8 Å². The molecule has 0 spiro atoms. The van der Waals surface area contributed by atoms with Crippen LogP contribution < -0.4 is 9.62 Å². The van der Waals surface area contributed by atoms with Crippen LogP contribution in [-0.2, 0) is 26.0 Å². The number of nitrogens with zero attached hydrogens (tertiary/aromatic N) is 1. The summed E-state index contributed by atoms with van der Waals surface area (Å²) >= 11 is 5.99. The van der Waals surface area contributed by atoms with Crippen molar-refractivity contribution in [2.75, 3.05) is 11.4 Å². The van der Waals surface area contributed by atoms with E-state index in [1.165, 1.54) is 24.0 Å². The normalized spacial score (nSPS) is 13.7. The maximum absolute atomic E-state index is 12.1. The number of hydrogen-bond donors (Lipinski definition) is 1. The first-order chi connectivity index (χ1) is 9.76. The van der Waals surface area contributed by atoms with Gasteiger partial charge in [-0.25, -0.2) is 13.1 Å². The highest BCUT2D eigenvalue weighted by Gasteiger charge is 2.28. The lowest BCUT2D eigenvalue weighted by molar-refractivity contribution is -0.116. The molecule has 1 aromatic carbocycles. The fraction of sp³-hybridized carbons (Fsp3) is 0.231. The Labute approximate surface area is 127 Å². The van der Waals surface area contributed by atoms with Gasteiger partial charge in [-0.05, 0) is 30.2 Å². The number of amides is 2. The van der Waals surface area contributed by atoms with Crippen molar-refractivity contribution < 1.29 is 18.0 Å². The molecule has 2 rings (SSSR count). The van der Waals surface area contributed by atoms with Crippen molar-refractivity contribution in [2.24, 2.45) is 0 Å². The predicted molar refractivity (Wildman–Crippen MR) is 78.7 cm³/mol. The second-order valence-corrected chi connectivity index (χ2v) is 6.56. The van der Waals surface area contributed by atoms with Gasteiger partial charge in [-0.2, -0.15) is 0 Å². The molecule has 6 nitrogen and oxygen atoms in total. The van der Waals surface area contributed by atoms with E-state index < -0.39 is 15.9 Å². The summed E-state index contributed by atoms with van der Waals surface area (Å²) in [5, 5.41) is 0.00325. The van der Waals surface area contributed by atoms with Crippen molar-refractivity contribution in [3.05, 3.63) is 35.4 Å². The summed E-state index contributed by atoms with van der Waals surface area (Å²) < 4.78 is 26.1. The smallest absolute Gasteiger partial charge is 0.265 e. The molecule has 1 aliphatic heterocycles. The van der Waals surface area contributed by atoms with Gasteiger partial charge in [0.05, 0.1) is 5.02 Å². The summed E-state index contributed by atoms with van der Waals surface area (Å²) in [5.74, 6) is -1.04. The molecule has 0 aliphatic carbocycles. The van der Waals surface area contributed by atoms with Crippen LogP contribution in [0, 0.1) is 0 Å². The Kier molecular flexibility index (Phi) is 4.06. The summed E-state index contributed by atoms with van der Waals surface area (Å²) in [7, 11) is -4.11. The van der Waals surface area contributed by atoms with Crippen LogP contribution >= 0.6 is 11.6 Å². The third-order valence-electron chi connectivity index (χ3n) is 3.12. The lowest BCUT2D eigenvalue weighted by Crippen LogP contribution is -2.30. The van der Waals surface area contributed by atoms with Crippen LogP contribution in [0.25, 0.3) is 0 Å². The standard InChI is InChI=1S/C13H13ClN2O4S/c1-3-13(18)15-21(19,20)12-7-11-9(6-10(12)14)4-5-16(11)8(2)17/h3,6-7H,1,4-5H2,2H3,(H,15,18). The lowest BCUT2D eigenvalue weighted by Gasteiger charge is -2.16. The van der Waals surface area contributed by atoms with E-state index in [0.717, 1.165) is 11.6 Å². The van der Waals surface area contributed by atoms with Gasteiger partial charge in [-0.15, -0.1) is 0 Å². The fourth-order valence-electron chi connectivity index (χ4n) is 2.15. The van der Waals surface area contributed by atoms with Gasteiger partial charge in [0, 0.05) is 19.2 Å². The Morgan fingerprint density at radius 2 is 2.10 bits per heavy atom. The topological polar surface area (TPSA) is 83.6 Å². The quantitative estimate of drug-likeness (QED) is 0.846. The number of rotatable bonds is 3. The van der Waals surface area contributed by atoms with E-state index in [9.17, 15) is 18.0 Å². The summed E-state index contributed by atoms with van der Waals surface area (Å²) in [6.07, 6.45) is 1.45. The highest BCUT2D eigenvalue weighted by Crippen LogP contribution is 2.35. The third-order valence-corrected chi connectivity index (χ3v) is 4.93. The Bertz CT molecular complexity index is 743. The first-order valence-corrected chi connectivity index (χ1v) is 7.92. The fourth-order valence-corrected chi connectivity index (χ4v) is 3.68. The Hall–Kier alpha value is -1.86. The van der Waals surface area contributed by atoms with E-state index >= 15 is 0 Å². The van der Waals surface area contributed by atoms with Gasteiger partial charge in [0.2, 0.25) is 5.91 Å². The molecule has 21 heavy (non-hydrogen) atoms. The van der Waals surface area contributed by atoms with Crippen LogP contribution in [-0.4, -0.2) is 26.8 Å². The van der Waals surface area contributed by atoms with Crippen LogP contribution in [0.4, 0.5) is 5.69 Å². The zero-order valence-electron chi connectivity index (χ0n) is 11.2. The van der Waals surface area contributed by atoms with Crippen molar-refractivity contribution >= 4 is 39.1 Å². The number of fused-ring (bicyclic) bond motifs is 1. The van der Waals surface area contributed by atoms with Gasteiger partial charge >= 0.3 is 0 Å². The zero-order chi connectivity index (χ0) is 15.8. The average Bonchev–Trinajstić information content (AvgIpc) is 2.79. The number of carbonyl (C=O) groups is 2. The molecule has 1 aromatic rings. The van der Waals surface area contributed by atoms with Crippen LogP contribution in [0.2, 0.25) is 5.02 Å². The number of anilines is 1. The number of nitrogens with one attached hydrogen (secondary N) is 1. The molecule has 2 amide bonds. The van der Waals surface area contributed by atoms with E-state index in [4.69, 9.17) is 11.6 Å². The van der Waals surface area contributed by atoms with Crippen LogP contribution in [0.3, 0.4) is 0 Å². The van der Waals surface area contributed by atoms with Gasteiger partial charge in [-0.1, -0.05) is 18.2 Å². The molecule has 112 valence electrons. The molecule has 1 heterocycles. The molecule has 0 saturated heterocycles. The highest BCUT2D eigenvalue weighted by atomic mass is 35.5. The largest absolute Gasteiger partial charge is 0.312 e. The van der Waals surface area contributed by atoms with Crippen molar-refractivity contribution in [1.82, 2.24) is 4.72 Å². The summed E-state index contributed by atoms with van der Waals surface area (Å²) in [5.41, 5.74) is 1.29. The van der Waals surface area contributed by atoms with E-state index in [2.05, 4.69) is 6.58 Å². The second kappa shape index (κ2) is 5.50. The Balaban J connectivity index is 2.52. The number of hydrogen-bond acceptors (Lipinski definition) is 4. The minimum atomic E-state index is -4.11. The van der Waals surface area contributed by atoms with Gasteiger partial charge in [-0.3, -0.25) is 9.59 Å². The molecule has 8 heteroatoms. The van der Waals surface area contributed by atoms with Gasteiger partial charge in [0.25, 0.3) is 15.9 Å². The minimum absolute atomic E-state index is 0.00325. The molecule has 0 bridgehead atoms. The van der Waals surface area contributed by atoms with E-state index in [1.807, 2.05) is 4.72 Å². The van der Waals surface area contributed by atoms with Crippen LogP contribution in [0.1, 0.15) is 12.5 Å². The second-order valence-electron chi connectivity index (χ2n) is 4.51. The molecule has 0 aromatic heterocycles. The minimum Gasteiger partial charge on any atom is -0.312 e. The molecule has 0 saturated carbocycles. The summed E-state index contributed by atoms with van der Waals surface area (Å²) in [4.78, 5) is 24.0. The third kappa shape index (κ3) is 2.93. The SMILES string of the molecule is C=CC(=O)NS(=O)(=O)c1cc2c(cc1Cl)CCN2C(C)=O. The maximum Gasteiger partial charge on any atom is 0.265 e. The van der Waals surface area contributed by atoms with Crippen molar-refractivity contribution in [2.45, 2.75) is 18.2 Å². The Morgan fingerprint density at radius 1 is 1.43 bits per heavy atom. The molecule has 0 unspecified atom stereocenters. The molecule has 1 N–H and O–H groups in total. The first kappa shape index (κ1) is 15.5. The number of carbonyl (C=O) groups excluding carboxylic acids is 2. The van der Waals surface area contributed by atoms with Gasteiger partial charge in [0.15, 0.2) is 0 Å². The average molecular weight is 329 g/mol. The van der Waals surface area contributed by atoms with Crippen LogP contribution in [0.15, 0.2) is 29.7 Å².